The summed E-state index contributed by atoms with van der Waals surface area (Å²) in [6, 6.07) is 5.26. The molecule has 1 rings (SSSR count). The lowest BCUT2D eigenvalue weighted by Gasteiger charge is -2.14. The molecule has 1 N–H and O–H groups in total. The van der Waals surface area contributed by atoms with Crippen molar-refractivity contribution < 1.29 is 14.6 Å². The van der Waals surface area contributed by atoms with Crippen LogP contribution in [-0.4, -0.2) is 22.7 Å². The number of aromatic nitrogens is 1. The van der Waals surface area contributed by atoms with Crippen molar-refractivity contribution in [3.05, 3.63) is 23.9 Å². The maximum atomic E-state index is 11.2. The van der Waals surface area contributed by atoms with E-state index in [0.29, 0.717) is 30.5 Å². The average Bonchev–Trinajstić information content (AvgIpc) is 2.26. The van der Waals surface area contributed by atoms with Crippen LogP contribution in [0.5, 0.6) is 5.88 Å². The van der Waals surface area contributed by atoms with Gasteiger partial charge >= 0.3 is 5.97 Å². The molecule has 0 bridgehead atoms. The molecule has 94 valence electrons. The third-order valence-electron chi connectivity index (χ3n) is 2.40. The molecule has 0 spiro atoms. The van der Waals surface area contributed by atoms with Crippen LogP contribution in [0.3, 0.4) is 0 Å². The van der Waals surface area contributed by atoms with E-state index in [-0.39, 0.29) is 0 Å². The van der Waals surface area contributed by atoms with E-state index < -0.39 is 11.9 Å². The van der Waals surface area contributed by atoms with Crippen LogP contribution in [0, 0.1) is 5.92 Å². The number of hydrogen-bond acceptors (Lipinski definition) is 3. The average molecular weight is 237 g/mol. The molecule has 0 aromatic carbocycles. The molecule has 4 nitrogen and oxygen atoms in total. The van der Waals surface area contributed by atoms with Gasteiger partial charge in [-0.1, -0.05) is 19.9 Å². The van der Waals surface area contributed by atoms with Crippen molar-refractivity contribution >= 4 is 5.97 Å². The fourth-order valence-corrected chi connectivity index (χ4v) is 1.67. The molecule has 0 saturated carbocycles. The van der Waals surface area contributed by atoms with Crippen LogP contribution < -0.4 is 4.74 Å². The molecule has 1 atom stereocenters. The summed E-state index contributed by atoms with van der Waals surface area (Å²) in [5, 5.41) is 9.22. The van der Waals surface area contributed by atoms with Gasteiger partial charge in [0.25, 0.3) is 0 Å². The Labute approximate surface area is 102 Å². The van der Waals surface area contributed by atoms with E-state index in [1.807, 2.05) is 20.8 Å². The largest absolute Gasteiger partial charge is 0.481 e. The van der Waals surface area contributed by atoms with E-state index in [1.54, 1.807) is 18.2 Å². The zero-order valence-corrected chi connectivity index (χ0v) is 10.5. The third kappa shape index (κ3) is 4.06. The zero-order chi connectivity index (χ0) is 12.8. The van der Waals surface area contributed by atoms with Crippen LogP contribution in [0.25, 0.3) is 0 Å². The van der Waals surface area contributed by atoms with Crippen molar-refractivity contribution in [2.45, 2.75) is 33.1 Å². The van der Waals surface area contributed by atoms with Gasteiger partial charge in [0.1, 0.15) is 0 Å². The Kier molecular flexibility index (Phi) is 4.94. The van der Waals surface area contributed by atoms with Gasteiger partial charge < -0.3 is 9.84 Å². The minimum atomic E-state index is -0.833. The molecule has 1 aromatic rings. The Morgan fingerprint density at radius 3 is 2.71 bits per heavy atom. The van der Waals surface area contributed by atoms with Crippen LogP contribution in [0.4, 0.5) is 0 Å². The van der Waals surface area contributed by atoms with Gasteiger partial charge in [-0.15, -0.1) is 0 Å². The lowest BCUT2D eigenvalue weighted by atomic mass is 9.94. The molecule has 0 amide bonds. The lowest BCUT2D eigenvalue weighted by Crippen LogP contribution is -2.15. The van der Waals surface area contributed by atoms with Crippen molar-refractivity contribution in [3.63, 3.8) is 0 Å². The molecular formula is C13H19NO3. The SMILES string of the molecule is CCOc1cccc(C(CC(C)C)C(=O)O)n1. The molecule has 0 aliphatic heterocycles. The highest BCUT2D eigenvalue weighted by atomic mass is 16.5. The number of carboxylic acids is 1. The first kappa shape index (κ1) is 13.5. The topological polar surface area (TPSA) is 59.4 Å². The summed E-state index contributed by atoms with van der Waals surface area (Å²) >= 11 is 0. The summed E-state index contributed by atoms with van der Waals surface area (Å²) < 4.78 is 5.28. The summed E-state index contributed by atoms with van der Waals surface area (Å²) in [5.41, 5.74) is 0.567. The minimum Gasteiger partial charge on any atom is -0.481 e. The number of pyridine rings is 1. The second kappa shape index (κ2) is 6.23. The smallest absolute Gasteiger partial charge is 0.312 e. The van der Waals surface area contributed by atoms with Crippen LogP contribution >= 0.6 is 0 Å². The maximum Gasteiger partial charge on any atom is 0.312 e. The molecule has 1 heterocycles. The van der Waals surface area contributed by atoms with E-state index in [2.05, 4.69) is 4.98 Å². The second-order valence-corrected chi connectivity index (χ2v) is 4.35. The first-order valence-corrected chi connectivity index (χ1v) is 5.87. The van der Waals surface area contributed by atoms with Gasteiger partial charge in [-0.2, -0.15) is 0 Å². The molecule has 17 heavy (non-hydrogen) atoms. The Balaban J connectivity index is 2.93. The van der Waals surface area contributed by atoms with Crippen LogP contribution in [-0.2, 0) is 4.79 Å². The van der Waals surface area contributed by atoms with Gasteiger partial charge in [-0.05, 0) is 25.3 Å². The molecule has 0 fully saturated rings. The van der Waals surface area contributed by atoms with Crippen LogP contribution in [0.2, 0.25) is 0 Å². The molecule has 0 aliphatic carbocycles. The first-order chi connectivity index (χ1) is 8.04. The van der Waals surface area contributed by atoms with Crippen molar-refractivity contribution in [3.8, 4) is 5.88 Å². The van der Waals surface area contributed by atoms with Crippen LogP contribution in [0.15, 0.2) is 18.2 Å². The molecule has 0 radical (unpaired) electrons. The van der Waals surface area contributed by atoms with Gasteiger partial charge in [-0.3, -0.25) is 4.79 Å². The number of carboxylic acid groups (broad SMARTS) is 1. The van der Waals surface area contributed by atoms with E-state index in [9.17, 15) is 9.90 Å². The molecule has 0 aliphatic rings. The van der Waals surface area contributed by atoms with E-state index in [1.165, 1.54) is 0 Å². The molecule has 4 heteroatoms. The predicted octanol–water partition coefficient (Wildman–Crippen LogP) is 2.69. The lowest BCUT2D eigenvalue weighted by molar-refractivity contribution is -0.139. The normalized spacial score (nSPS) is 12.5. The molecule has 1 aromatic heterocycles. The Morgan fingerprint density at radius 2 is 2.18 bits per heavy atom. The second-order valence-electron chi connectivity index (χ2n) is 4.35. The van der Waals surface area contributed by atoms with Gasteiger partial charge in [0.05, 0.1) is 18.2 Å². The highest BCUT2D eigenvalue weighted by Gasteiger charge is 2.22. The number of hydrogen-bond donors (Lipinski definition) is 1. The maximum absolute atomic E-state index is 11.2. The summed E-state index contributed by atoms with van der Waals surface area (Å²) in [7, 11) is 0. The minimum absolute atomic E-state index is 0.314. The Hall–Kier alpha value is -1.58. The number of ether oxygens (including phenoxy) is 1. The van der Waals surface area contributed by atoms with Crippen molar-refractivity contribution in [1.82, 2.24) is 4.98 Å². The van der Waals surface area contributed by atoms with Crippen LogP contribution in [0.1, 0.15) is 38.8 Å². The Bertz CT molecular complexity index is 377. The van der Waals surface area contributed by atoms with Gasteiger partial charge in [0.15, 0.2) is 0 Å². The fourth-order valence-electron chi connectivity index (χ4n) is 1.67. The summed E-state index contributed by atoms with van der Waals surface area (Å²) in [6.07, 6.45) is 0.581. The zero-order valence-electron chi connectivity index (χ0n) is 10.5. The van der Waals surface area contributed by atoms with Gasteiger partial charge in [-0.25, -0.2) is 4.98 Å². The number of aliphatic carboxylic acids is 1. The number of rotatable bonds is 6. The molecule has 0 saturated heterocycles. The summed E-state index contributed by atoms with van der Waals surface area (Å²) in [4.78, 5) is 15.5. The van der Waals surface area contributed by atoms with E-state index in [4.69, 9.17) is 4.74 Å². The van der Waals surface area contributed by atoms with Gasteiger partial charge in [0.2, 0.25) is 5.88 Å². The van der Waals surface area contributed by atoms with E-state index >= 15 is 0 Å². The first-order valence-electron chi connectivity index (χ1n) is 5.87. The Morgan fingerprint density at radius 1 is 1.47 bits per heavy atom. The monoisotopic (exact) mass is 237 g/mol. The summed E-state index contributed by atoms with van der Waals surface area (Å²) in [6.45, 7) is 6.40. The fraction of sp³-hybridized carbons (Fsp3) is 0.538. The highest BCUT2D eigenvalue weighted by molar-refractivity contribution is 5.75. The number of nitrogens with zero attached hydrogens (tertiary/aromatic N) is 1. The van der Waals surface area contributed by atoms with E-state index in [0.717, 1.165) is 0 Å². The molecule has 1 unspecified atom stereocenters. The summed E-state index contributed by atoms with van der Waals surface area (Å²) in [5.74, 6) is -0.594. The predicted molar refractivity (Wildman–Crippen MR) is 65.2 cm³/mol. The van der Waals surface area contributed by atoms with Crippen molar-refractivity contribution in [2.75, 3.05) is 6.61 Å². The highest BCUT2D eigenvalue weighted by Crippen LogP contribution is 2.24. The van der Waals surface area contributed by atoms with Crippen molar-refractivity contribution in [1.29, 1.82) is 0 Å². The molecular weight excluding hydrogens is 218 g/mol. The standard InChI is InChI=1S/C13H19NO3/c1-4-17-12-7-5-6-11(14-12)10(13(15)16)8-9(2)3/h5-7,9-10H,4,8H2,1-3H3,(H,15,16). The number of carbonyl (C=O) groups is 1. The van der Waals surface area contributed by atoms with Crippen molar-refractivity contribution in [2.24, 2.45) is 5.92 Å². The third-order valence-corrected chi connectivity index (χ3v) is 2.40. The van der Waals surface area contributed by atoms with Gasteiger partial charge in [0, 0.05) is 6.07 Å². The quantitative estimate of drug-likeness (QED) is 0.826.